The number of hydrogen-bond acceptors (Lipinski definition) is 3. The van der Waals surface area contributed by atoms with E-state index in [1.807, 2.05) is 6.92 Å². The Hall–Kier alpha value is -0.810. The van der Waals surface area contributed by atoms with Crippen molar-refractivity contribution in [1.29, 1.82) is 0 Å². The lowest BCUT2D eigenvalue weighted by Gasteiger charge is -2.14. The maximum absolute atomic E-state index is 10.7. The number of rotatable bonds is 1. The van der Waals surface area contributed by atoms with Crippen LogP contribution in [0.1, 0.15) is 13.3 Å². The molecule has 1 aliphatic rings. The number of nitrogens with two attached hydrogens (primary N) is 1. The zero-order valence-corrected chi connectivity index (χ0v) is 7.50. The molecule has 1 unspecified atom stereocenters. The third kappa shape index (κ3) is 1.86. The first-order chi connectivity index (χ1) is 5.41. The van der Waals surface area contributed by atoms with Gasteiger partial charge in [-0.05, 0) is 18.4 Å². The molecule has 12 heavy (non-hydrogen) atoms. The highest BCUT2D eigenvalue weighted by molar-refractivity contribution is 7.90. The van der Waals surface area contributed by atoms with E-state index in [1.54, 1.807) is 6.08 Å². The molecule has 1 atom stereocenters. The molecule has 1 aliphatic carbocycles. The summed E-state index contributed by atoms with van der Waals surface area (Å²) in [4.78, 5) is -0.166. The molecule has 0 radical (unpaired) electrons. The summed E-state index contributed by atoms with van der Waals surface area (Å²) in [6, 6.07) is 0. The van der Waals surface area contributed by atoms with Crippen molar-refractivity contribution >= 4 is 10.1 Å². The van der Waals surface area contributed by atoms with E-state index >= 15 is 0 Å². The second kappa shape index (κ2) is 2.91. The molecule has 0 bridgehead atoms. The van der Waals surface area contributed by atoms with Gasteiger partial charge in [-0.3, -0.25) is 4.55 Å². The highest BCUT2D eigenvalue weighted by atomic mass is 32.2. The average Bonchev–Trinajstić information content (AvgIpc) is 1.83. The van der Waals surface area contributed by atoms with Crippen LogP contribution in [0.2, 0.25) is 0 Å². The Morgan fingerprint density at radius 1 is 1.67 bits per heavy atom. The van der Waals surface area contributed by atoms with Gasteiger partial charge in [-0.25, -0.2) is 0 Å². The SMILES string of the molecule is CC1C=CC(S(=O)(=O)O)=C(N)C1. The van der Waals surface area contributed by atoms with Gasteiger partial charge < -0.3 is 5.73 Å². The fourth-order valence-corrected chi connectivity index (χ4v) is 1.79. The van der Waals surface area contributed by atoms with Crippen molar-refractivity contribution in [3.63, 3.8) is 0 Å². The zero-order valence-electron chi connectivity index (χ0n) is 6.69. The molecule has 5 heteroatoms. The first-order valence-electron chi connectivity index (χ1n) is 3.55. The fourth-order valence-electron chi connectivity index (χ4n) is 1.13. The van der Waals surface area contributed by atoms with Crippen molar-refractivity contribution in [3.8, 4) is 0 Å². The van der Waals surface area contributed by atoms with E-state index < -0.39 is 10.1 Å². The molecule has 1 rings (SSSR count). The maximum Gasteiger partial charge on any atom is 0.296 e. The van der Waals surface area contributed by atoms with E-state index in [0.717, 1.165) is 0 Å². The van der Waals surface area contributed by atoms with Crippen molar-refractivity contribution in [2.24, 2.45) is 11.7 Å². The molecule has 3 N–H and O–H groups in total. The summed E-state index contributed by atoms with van der Waals surface area (Å²) in [6.45, 7) is 1.92. The Balaban J connectivity index is 3.09. The molecule has 0 saturated heterocycles. The van der Waals surface area contributed by atoms with Crippen LogP contribution in [0.3, 0.4) is 0 Å². The molecule has 0 saturated carbocycles. The van der Waals surface area contributed by atoms with Gasteiger partial charge in [0.25, 0.3) is 10.1 Å². The van der Waals surface area contributed by atoms with Crippen LogP contribution in [0.4, 0.5) is 0 Å². The molecule has 0 aromatic carbocycles. The van der Waals surface area contributed by atoms with E-state index in [9.17, 15) is 8.42 Å². The topological polar surface area (TPSA) is 80.4 Å². The van der Waals surface area contributed by atoms with Gasteiger partial charge in [0.2, 0.25) is 0 Å². The van der Waals surface area contributed by atoms with Crippen LogP contribution in [0.5, 0.6) is 0 Å². The predicted molar refractivity (Wildman–Crippen MR) is 45.7 cm³/mol. The summed E-state index contributed by atoms with van der Waals surface area (Å²) < 4.78 is 30.0. The van der Waals surface area contributed by atoms with E-state index in [-0.39, 0.29) is 16.5 Å². The van der Waals surface area contributed by atoms with Gasteiger partial charge in [-0.2, -0.15) is 8.42 Å². The molecule has 0 aromatic heterocycles. The molecule has 0 aliphatic heterocycles. The van der Waals surface area contributed by atoms with Gasteiger partial charge in [0, 0.05) is 5.70 Å². The fraction of sp³-hybridized carbons (Fsp3) is 0.429. The van der Waals surface area contributed by atoms with Gasteiger partial charge in [0.1, 0.15) is 4.91 Å². The summed E-state index contributed by atoms with van der Waals surface area (Å²) in [6.07, 6.45) is 3.53. The maximum atomic E-state index is 10.7. The second-order valence-electron chi connectivity index (χ2n) is 2.91. The summed E-state index contributed by atoms with van der Waals surface area (Å²) in [7, 11) is -4.13. The van der Waals surface area contributed by atoms with Crippen LogP contribution >= 0.6 is 0 Å². The van der Waals surface area contributed by atoms with Crippen LogP contribution in [0.15, 0.2) is 22.8 Å². The molecule has 0 amide bonds. The Kier molecular flexibility index (Phi) is 2.25. The lowest BCUT2D eigenvalue weighted by atomic mass is 10.0. The first-order valence-corrected chi connectivity index (χ1v) is 4.99. The smallest absolute Gasteiger partial charge is 0.296 e. The molecule has 4 nitrogen and oxygen atoms in total. The number of hydrogen-bond donors (Lipinski definition) is 2. The van der Waals surface area contributed by atoms with Gasteiger partial charge in [0.05, 0.1) is 0 Å². The van der Waals surface area contributed by atoms with Crippen molar-refractivity contribution in [2.45, 2.75) is 13.3 Å². The highest BCUT2D eigenvalue weighted by Gasteiger charge is 2.19. The summed E-state index contributed by atoms with van der Waals surface area (Å²) in [5, 5.41) is 0. The Bertz CT molecular complexity index is 340. The predicted octanol–water partition coefficient (Wildman–Crippen LogP) is 0.641. The van der Waals surface area contributed by atoms with Crippen LogP contribution in [0.25, 0.3) is 0 Å². The van der Waals surface area contributed by atoms with E-state index in [1.165, 1.54) is 6.08 Å². The van der Waals surface area contributed by atoms with Gasteiger partial charge in [-0.1, -0.05) is 13.0 Å². The van der Waals surface area contributed by atoms with E-state index in [2.05, 4.69) is 0 Å². The van der Waals surface area contributed by atoms with Crippen molar-refractivity contribution < 1.29 is 13.0 Å². The Morgan fingerprint density at radius 3 is 2.67 bits per heavy atom. The Labute approximate surface area is 71.5 Å². The van der Waals surface area contributed by atoms with E-state index in [0.29, 0.717) is 6.42 Å². The quantitative estimate of drug-likeness (QED) is 0.593. The molecule has 0 spiro atoms. The second-order valence-corrected chi connectivity index (χ2v) is 4.30. The lowest BCUT2D eigenvalue weighted by molar-refractivity contribution is 0.490. The third-order valence-corrected chi connectivity index (χ3v) is 2.67. The van der Waals surface area contributed by atoms with Crippen LogP contribution in [-0.4, -0.2) is 13.0 Å². The monoisotopic (exact) mass is 189 g/mol. The van der Waals surface area contributed by atoms with Crippen molar-refractivity contribution in [1.82, 2.24) is 0 Å². The summed E-state index contributed by atoms with van der Waals surface area (Å²) in [5.74, 6) is 0.232. The van der Waals surface area contributed by atoms with E-state index in [4.69, 9.17) is 10.3 Å². The van der Waals surface area contributed by atoms with Crippen LogP contribution in [-0.2, 0) is 10.1 Å². The highest BCUT2D eigenvalue weighted by Crippen LogP contribution is 2.22. The largest absolute Gasteiger partial charge is 0.401 e. The zero-order chi connectivity index (χ0) is 9.35. The van der Waals surface area contributed by atoms with Crippen LogP contribution in [0, 0.1) is 5.92 Å². The minimum atomic E-state index is -4.13. The molecule has 68 valence electrons. The summed E-state index contributed by atoms with van der Waals surface area (Å²) >= 11 is 0. The average molecular weight is 189 g/mol. The molecule has 0 heterocycles. The normalized spacial score (nSPS) is 24.7. The first kappa shape index (κ1) is 9.28. The van der Waals surface area contributed by atoms with Crippen molar-refractivity contribution in [2.75, 3.05) is 0 Å². The van der Waals surface area contributed by atoms with Gasteiger partial charge in [-0.15, -0.1) is 0 Å². The third-order valence-electron chi connectivity index (χ3n) is 1.71. The van der Waals surface area contributed by atoms with Crippen LogP contribution < -0.4 is 5.73 Å². The minimum absolute atomic E-state index is 0.166. The molecular weight excluding hydrogens is 178 g/mol. The number of allylic oxidation sites excluding steroid dienone is 3. The molecule has 0 fully saturated rings. The standard InChI is InChI=1S/C7H11NO3S/c1-5-2-3-7(6(8)4-5)12(9,10)11/h2-3,5H,4,8H2,1H3,(H,9,10,11). The Morgan fingerprint density at radius 2 is 2.25 bits per heavy atom. The van der Waals surface area contributed by atoms with Crippen molar-refractivity contribution in [3.05, 3.63) is 22.8 Å². The minimum Gasteiger partial charge on any atom is -0.401 e. The molecule has 0 aromatic rings. The van der Waals surface area contributed by atoms with Gasteiger partial charge in [0.15, 0.2) is 0 Å². The lowest BCUT2D eigenvalue weighted by Crippen LogP contribution is -2.14. The van der Waals surface area contributed by atoms with Gasteiger partial charge >= 0.3 is 0 Å². The molecular formula is C7H11NO3S. The summed E-state index contributed by atoms with van der Waals surface area (Å²) in [5.41, 5.74) is 5.67.